The van der Waals surface area contributed by atoms with Crippen LogP contribution in [0.25, 0.3) is 0 Å². The number of nitrogens with one attached hydrogen (secondary N) is 2. The molecule has 1 fully saturated rings. The van der Waals surface area contributed by atoms with Gasteiger partial charge in [0.2, 0.25) is 0 Å². The maximum Gasteiger partial charge on any atom is 0.407 e. The number of carbonyl (C=O) groups is 2. The normalized spacial score (nSPS) is 15.8. The molecule has 10 nitrogen and oxygen atoms in total. The first-order valence-electron chi connectivity index (χ1n) is 13.2. The summed E-state index contributed by atoms with van der Waals surface area (Å²) in [5.41, 5.74) is 0.728. The van der Waals surface area contributed by atoms with Crippen LogP contribution in [0.5, 0.6) is 0 Å². The number of hydrogen-bond acceptors (Lipinski definition) is 8. The molecular formula is C27H39N5O5S. The van der Waals surface area contributed by atoms with Crippen molar-refractivity contribution in [1.82, 2.24) is 15.5 Å². The van der Waals surface area contributed by atoms with E-state index < -0.39 is 21.5 Å². The fourth-order valence-corrected chi connectivity index (χ4v) is 5.41. The lowest BCUT2D eigenvalue weighted by Gasteiger charge is -2.22. The maximum atomic E-state index is 12.8. The van der Waals surface area contributed by atoms with E-state index in [4.69, 9.17) is 4.74 Å². The van der Waals surface area contributed by atoms with E-state index >= 15 is 0 Å². The molecule has 11 heteroatoms. The number of aromatic nitrogens is 2. The van der Waals surface area contributed by atoms with Gasteiger partial charge in [0.05, 0.1) is 11.8 Å². The molecule has 2 aromatic rings. The summed E-state index contributed by atoms with van der Waals surface area (Å²) in [4.78, 5) is 27.0. The van der Waals surface area contributed by atoms with Crippen LogP contribution in [-0.4, -0.2) is 61.1 Å². The Kier molecular flexibility index (Phi) is 10.1. The highest BCUT2D eigenvalue weighted by molar-refractivity contribution is 7.91. The smallest absolute Gasteiger partial charge is 0.407 e. The van der Waals surface area contributed by atoms with Crippen LogP contribution in [0.3, 0.4) is 0 Å². The van der Waals surface area contributed by atoms with Gasteiger partial charge in [0.25, 0.3) is 5.91 Å². The van der Waals surface area contributed by atoms with Crippen LogP contribution in [0, 0.1) is 0 Å². The molecule has 0 bridgehead atoms. The van der Waals surface area contributed by atoms with Crippen molar-refractivity contribution in [3.8, 4) is 0 Å². The molecule has 0 aliphatic carbocycles. The molecule has 0 unspecified atom stereocenters. The predicted molar refractivity (Wildman–Crippen MR) is 147 cm³/mol. The number of unbranched alkanes of at least 4 members (excludes halogenated alkanes) is 4. The van der Waals surface area contributed by atoms with Crippen molar-refractivity contribution in [3.63, 3.8) is 0 Å². The molecule has 1 aliphatic heterocycles. The quantitative estimate of drug-likeness (QED) is 0.393. The average Bonchev–Trinajstić information content (AvgIpc) is 3.31. The summed E-state index contributed by atoms with van der Waals surface area (Å²) in [6.07, 6.45) is 5.00. The Balaban J connectivity index is 1.55. The van der Waals surface area contributed by atoms with Crippen LogP contribution < -0.4 is 15.5 Å². The molecule has 208 valence electrons. The zero-order valence-electron chi connectivity index (χ0n) is 22.7. The molecular weight excluding hydrogens is 506 g/mol. The fraction of sp³-hybridized carbons (Fsp3) is 0.556. The fourth-order valence-electron chi connectivity index (χ4n) is 4.17. The monoisotopic (exact) mass is 545 g/mol. The highest BCUT2D eigenvalue weighted by atomic mass is 32.2. The third-order valence-corrected chi connectivity index (χ3v) is 7.78. The zero-order chi connectivity index (χ0) is 27.8. The van der Waals surface area contributed by atoms with Gasteiger partial charge in [-0.1, -0.05) is 38.7 Å². The molecule has 0 saturated carbocycles. The molecule has 3 rings (SSSR count). The van der Waals surface area contributed by atoms with E-state index in [1.54, 1.807) is 18.2 Å². The van der Waals surface area contributed by atoms with E-state index in [1.807, 2.05) is 26.8 Å². The lowest BCUT2D eigenvalue weighted by atomic mass is 10.1. The highest BCUT2D eigenvalue weighted by Crippen LogP contribution is 2.23. The minimum atomic E-state index is -3.51. The van der Waals surface area contributed by atoms with Gasteiger partial charge in [-0.25, -0.2) is 13.2 Å². The van der Waals surface area contributed by atoms with Gasteiger partial charge in [0, 0.05) is 24.3 Å². The van der Waals surface area contributed by atoms with E-state index in [0.717, 1.165) is 44.3 Å². The van der Waals surface area contributed by atoms with Gasteiger partial charge in [-0.2, -0.15) is 0 Å². The Morgan fingerprint density at radius 3 is 2.53 bits per heavy atom. The summed E-state index contributed by atoms with van der Waals surface area (Å²) in [6, 6.07) is 9.94. The molecule has 0 spiro atoms. The maximum absolute atomic E-state index is 12.8. The second kappa shape index (κ2) is 13.0. The van der Waals surface area contributed by atoms with Crippen molar-refractivity contribution in [2.24, 2.45) is 0 Å². The molecule has 1 aliphatic rings. The summed E-state index contributed by atoms with van der Waals surface area (Å²) in [6.45, 7) is 8.91. The van der Waals surface area contributed by atoms with E-state index in [1.165, 1.54) is 12.1 Å². The van der Waals surface area contributed by atoms with Crippen LogP contribution in [0.1, 0.15) is 76.6 Å². The number of hydrogen-bond donors (Lipinski definition) is 2. The Labute approximate surface area is 225 Å². The van der Waals surface area contributed by atoms with Crippen molar-refractivity contribution < 1.29 is 22.7 Å². The van der Waals surface area contributed by atoms with Crippen LogP contribution >= 0.6 is 0 Å². The number of rotatable bonds is 11. The Morgan fingerprint density at radius 1 is 1.08 bits per heavy atom. The van der Waals surface area contributed by atoms with E-state index in [2.05, 4.69) is 32.7 Å². The Hall–Kier alpha value is -3.21. The molecule has 1 atom stereocenters. The van der Waals surface area contributed by atoms with Gasteiger partial charge in [-0.15, -0.1) is 10.2 Å². The summed E-state index contributed by atoms with van der Waals surface area (Å²) in [5.74, 6) is -0.172. The number of anilines is 2. The number of amides is 2. The van der Waals surface area contributed by atoms with Gasteiger partial charge in [-0.3, -0.25) is 4.79 Å². The second-order valence-electron chi connectivity index (χ2n) is 10.6. The summed E-state index contributed by atoms with van der Waals surface area (Å²) in [5, 5.41) is 13.2. The first kappa shape index (κ1) is 29.3. The topological polar surface area (TPSA) is 131 Å². The standard InChI is InChI=1S/C27H39N5O5S/c1-5-6-7-8-9-17-38(35,36)24-14-13-23(30-31-24)29-25(33)20-11-10-12-22(18-20)32-16-15-21(19-32)28-26(34)37-27(2,3)4/h10-14,18,21H,5-9,15-17,19H2,1-4H3,(H,28,34)(H,29,30,33)/t21-/m1/s1. The van der Waals surface area contributed by atoms with Crippen molar-refractivity contribution >= 4 is 33.3 Å². The lowest BCUT2D eigenvalue weighted by Crippen LogP contribution is -2.40. The van der Waals surface area contributed by atoms with Crippen LogP contribution in [-0.2, 0) is 14.6 Å². The average molecular weight is 546 g/mol. The summed E-state index contributed by atoms with van der Waals surface area (Å²) in [7, 11) is -3.51. The van der Waals surface area contributed by atoms with Crippen molar-refractivity contribution in [2.45, 2.75) is 82.9 Å². The van der Waals surface area contributed by atoms with E-state index in [-0.39, 0.29) is 28.5 Å². The third kappa shape index (κ3) is 8.97. The molecule has 2 N–H and O–H groups in total. The molecule has 2 amide bonds. The predicted octanol–water partition coefficient (Wildman–Crippen LogP) is 4.58. The van der Waals surface area contributed by atoms with Crippen molar-refractivity contribution in [2.75, 3.05) is 29.1 Å². The number of alkyl carbamates (subject to hydrolysis) is 1. The van der Waals surface area contributed by atoms with Gasteiger partial charge in [0.15, 0.2) is 20.7 Å². The number of ether oxygens (including phenoxy) is 1. The molecule has 1 aromatic heterocycles. The number of sulfone groups is 1. The van der Waals surface area contributed by atoms with Crippen LogP contribution in [0.2, 0.25) is 0 Å². The molecule has 1 aromatic carbocycles. The van der Waals surface area contributed by atoms with E-state index in [0.29, 0.717) is 18.5 Å². The molecule has 2 heterocycles. The number of benzene rings is 1. The first-order valence-corrected chi connectivity index (χ1v) is 14.8. The van der Waals surface area contributed by atoms with Crippen LogP contribution in [0.4, 0.5) is 16.3 Å². The summed E-state index contributed by atoms with van der Waals surface area (Å²) >= 11 is 0. The zero-order valence-corrected chi connectivity index (χ0v) is 23.5. The van der Waals surface area contributed by atoms with Crippen molar-refractivity contribution in [3.05, 3.63) is 42.0 Å². The van der Waals surface area contributed by atoms with E-state index in [9.17, 15) is 18.0 Å². The third-order valence-electron chi connectivity index (χ3n) is 6.10. The lowest BCUT2D eigenvalue weighted by molar-refractivity contribution is 0.0509. The first-order chi connectivity index (χ1) is 18.0. The Bertz CT molecular complexity index is 1200. The minimum Gasteiger partial charge on any atom is -0.444 e. The van der Waals surface area contributed by atoms with Crippen LogP contribution in [0.15, 0.2) is 41.4 Å². The summed E-state index contributed by atoms with van der Waals surface area (Å²) < 4.78 is 30.3. The highest BCUT2D eigenvalue weighted by Gasteiger charge is 2.26. The molecule has 1 saturated heterocycles. The SMILES string of the molecule is CCCCCCCS(=O)(=O)c1ccc(NC(=O)c2cccc(N3CC[C@@H](NC(=O)OC(C)(C)C)C3)c2)nn1. The van der Waals surface area contributed by atoms with Crippen molar-refractivity contribution in [1.29, 1.82) is 0 Å². The molecule has 38 heavy (non-hydrogen) atoms. The number of carbonyl (C=O) groups excluding carboxylic acids is 2. The van der Waals surface area contributed by atoms with Gasteiger partial charge in [-0.05, 0) is 63.9 Å². The van der Waals surface area contributed by atoms with Gasteiger partial charge < -0.3 is 20.3 Å². The van der Waals surface area contributed by atoms with Gasteiger partial charge >= 0.3 is 6.09 Å². The molecule has 0 radical (unpaired) electrons. The largest absolute Gasteiger partial charge is 0.444 e. The van der Waals surface area contributed by atoms with Gasteiger partial charge in [0.1, 0.15) is 5.60 Å². The minimum absolute atomic E-state index is 0.0363. The second-order valence-corrected chi connectivity index (χ2v) is 12.6. The Morgan fingerprint density at radius 2 is 1.84 bits per heavy atom. The number of nitrogens with zero attached hydrogens (tertiary/aromatic N) is 3.